The van der Waals surface area contributed by atoms with Gasteiger partial charge in [0.25, 0.3) is 0 Å². The van der Waals surface area contributed by atoms with Gasteiger partial charge >= 0.3 is 5.97 Å². The fraction of sp³-hybridized carbons (Fsp3) is 0.292. The molecule has 0 heterocycles. The van der Waals surface area contributed by atoms with Gasteiger partial charge in [0, 0.05) is 17.9 Å². The van der Waals surface area contributed by atoms with Crippen LogP contribution in [-0.2, 0) is 30.6 Å². The Labute approximate surface area is 193 Å². The van der Waals surface area contributed by atoms with Crippen LogP contribution < -0.4 is 10.6 Å². The Balaban J connectivity index is 2.09. The first-order chi connectivity index (χ1) is 15.6. The first-order valence-corrected chi connectivity index (χ1v) is 12.0. The molecule has 0 fully saturated rings. The third-order valence-electron chi connectivity index (χ3n) is 4.71. The van der Waals surface area contributed by atoms with E-state index < -0.39 is 39.7 Å². The molecule has 9 heteroatoms. The second-order valence-corrected chi connectivity index (χ2v) is 9.77. The number of rotatable bonds is 11. The van der Waals surface area contributed by atoms with Crippen molar-refractivity contribution < 1.29 is 27.9 Å². The van der Waals surface area contributed by atoms with Gasteiger partial charge in [0.2, 0.25) is 11.8 Å². The number of carbonyl (C=O) groups excluding carboxylic acids is 2. The quantitative estimate of drug-likeness (QED) is 0.431. The third kappa shape index (κ3) is 8.53. The molecule has 8 nitrogen and oxygen atoms in total. The van der Waals surface area contributed by atoms with Gasteiger partial charge in [0.05, 0.1) is 4.90 Å². The van der Waals surface area contributed by atoms with Crippen molar-refractivity contribution in [2.45, 2.75) is 43.7 Å². The predicted molar refractivity (Wildman–Crippen MR) is 124 cm³/mol. The highest BCUT2D eigenvalue weighted by molar-refractivity contribution is 7.94. The minimum Gasteiger partial charge on any atom is -0.480 e. The van der Waals surface area contributed by atoms with Crippen molar-refractivity contribution in [1.82, 2.24) is 10.6 Å². The summed E-state index contributed by atoms with van der Waals surface area (Å²) in [6.07, 6.45) is 1.18. The topological polar surface area (TPSA) is 130 Å². The van der Waals surface area contributed by atoms with E-state index in [-0.39, 0.29) is 23.7 Å². The largest absolute Gasteiger partial charge is 0.480 e. The van der Waals surface area contributed by atoms with E-state index in [1.54, 1.807) is 48.5 Å². The minimum atomic E-state index is -3.82. The lowest BCUT2D eigenvalue weighted by Crippen LogP contribution is -2.52. The van der Waals surface area contributed by atoms with Gasteiger partial charge in [-0.2, -0.15) is 0 Å². The molecule has 0 bridgehead atoms. The maximum Gasteiger partial charge on any atom is 0.326 e. The molecule has 2 atom stereocenters. The monoisotopic (exact) mass is 472 g/mol. The van der Waals surface area contributed by atoms with Crippen LogP contribution in [0.2, 0.25) is 0 Å². The molecule has 0 aliphatic rings. The summed E-state index contributed by atoms with van der Waals surface area (Å²) in [6.45, 7) is 3.70. The molecule has 2 aromatic carbocycles. The molecule has 176 valence electrons. The molecule has 0 aromatic heterocycles. The molecule has 0 radical (unpaired) electrons. The molecule has 0 saturated carbocycles. The van der Waals surface area contributed by atoms with E-state index in [2.05, 4.69) is 10.6 Å². The van der Waals surface area contributed by atoms with Gasteiger partial charge in [-0.05, 0) is 30.0 Å². The average molecular weight is 473 g/mol. The highest BCUT2D eigenvalue weighted by Gasteiger charge is 2.27. The number of hydrogen-bond donors (Lipinski definition) is 3. The van der Waals surface area contributed by atoms with Crippen molar-refractivity contribution in [3.05, 3.63) is 77.7 Å². The smallest absolute Gasteiger partial charge is 0.326 e. The first kappa shape index (κ1) is 25.8. The zero-order valence-electron chi connectivity index (χ0n) is 18.5. The standard InChI is InChI=1S/C24H28N2O6S/c1-17(2)15-20(23(28)26-21(24(29)30)16-18-9-5-3-6-10-18)25-22(27)13-14-33(31,32)19-11-7-4-8-12-19/h3-14,17,20-21H,15-16H2,1-2H3,(H,25,27)(H,26,28)(H,29,30)/b14-13+/t20-,21-/m0/s1. The molecule has 2 amide bonds. The number of carboxylic acid groups (broad SMARTS) is 1. The summed E-state index contributed by atoms with van der Waals surface area (Å²) in [5.74, 6) is -2.61. The Morgan fingerprint density at radius 2 is 1.48 bits per heavy atom. The van der Waals surface area contributed by atoms with Crippen molar-refractivity contribution in [2.75, 3.05) is 0 Å². The number of hydrogen-bond acceptors (Lipinski definition) is 5. The number of nitrogens with one attached hydrogen (secondary N) is 2. The molecule has 3 N–H and O–H groups in total. The van der Waals surface area contributed by atoms with Gasteiger partial charge in [-0.25, -0.2) is 13.2 Å². The van der Waals surface area contributed by atoms with E-state index in [0.29, 0.717) is 0 Å². The van der Waals surface area contributed by atoms with Crippen molar-refractivity contribution in [2.24, 2.45) is 5.92 Å². The summed E-state index contributed by atoms with van der Waals surface area (Å²) in [7, 11) is -3.82. The summed E-state index contributed by atoms with van der Waals surface area (Å²) in [5.41, 5.74) is 0.740. The molecule has 0 spiro atoms. The minimum absolute atomic E-state index is 0.00971. The molecule has 0 aliphatic heterocycles. The molecule has 33 heavy (non-hydrogen) atoms. The SMILES string of the molecule is CC(C)C[C@H](NC(=O)/C=C/S(=O)(=O)c1ccccc1)C(=O)N[C@@H](Cc1ccccc1)C(=O)O. The lowest BCUT2D eigenvalue weighted by Gasteiger charge is -2.22. The van der Waals surface area contributed by atoms with Crippen molar-refractivity contribution in [3.8, 4) is 0 Å². The zero-order chi connectivity index (χ0) is 24.4. The fourth-order valence-corrected chi connectivity index (χ4v) is 4.08. The van der Waals surface area contributed by atoms with Gasteiger partial charge in [0.1, 0.15) is 12.1 Å². The molecule has 0 aliphatic carbocycles. The van der Waals surface area contributed by atoms with Gasteiger partial charge in [-0.3, -0.25) is 9.59 Å². The maximum atomic E-state index is 12.8. The lowest BCUT2D eigenvalue weighted by molar-refractivity contribution is -0.142. The molecular weight excluding hydrogens is 444 g/mol. The van der Waals surface area contributed by atoms with Crippen LogP contribution in [0.25, 0.3) is 0 Å². The highest BCUT2D eigenvalue weighted by Crippen LogP contribution is 2.12. The second kappa shape index (κ2) is 12.0. The van der Waals surface area contributed by atoms with Crippen molar-refractivity contribution in [3.63, 3.8) is 0 Å². The van der Waals surface area contributed by atoms with Crippen LogP contribution in [0.15, 0.2) is 77.0 Å². The van der Waals surface area contributed by atoms with Gasteiger partial charge in [0.15, 0.2) is 9.84 Å². The highest BCUT2D eigenvalue weighted by atomic mass is 32.2. The van der Waals surface area contributed by atoms with E-state index in [4.69, 9.17) is 0 Å². The van der Waals surface area contributed by atoms with Gasteiger partial charge in [-0.15, -0.1) is 0 Å². The Kier molecular flexibility index (Phi) is 9.35. The Morgan fingerprint density at radius 1 is 0.909 bits per heavy atom. The first-order valence-electron chi connectivity index (χ1n) is 10.4. The van der Waals surface area contributed by atoms with Crippen LogP contribution in [0.5, 0.6) is 0 Å². The Hall–Kier alpha value is -3.46. The average Bonchev–Trinajstić information content (AvgIpc) is 2.78. The van der Waals surface area contributed by atoms with E-state index in [1.165, 1.54) is 12.1 Å². The van der Waals surface area contributed by atoms with Crippen molar-refractivity contribution >= 4 is 27.6 Å². The van der Waals surface area contributed by atoms with E-state index in [0.717, 1.165) is 17.0 Å². The summed E-state index contributed by atoms with van der Waals surface area (Å²) >= 11 is 0. The van der Waals surface area contributed by atoms with Crippen LogP contribution in [0, 0.1) is 5.92 Å². The fourth-order valence-electron chi connectivity index (χ4n) is 3.09. The Bertz CT molecular complexity index is 1080. The summed E-state index contributed by atoms with van der Waals surface area (Å²) in [4.78, 5) is 36.9. The number of carbonyl (C=O) groups is 3. The lowest BCUT2D eigenvalue weighted by atomic mass is 10.0. The Morgan fingerprint density at radius 3 is 2.03 bits per heavy atom. The van der Waals surface area contributed by atoms with E-state index in [9.17, 15) is 27.9 Å². The molecular formula is C24H28N2O6S. The van der Waals surface area contributed by atoms with Crippen LogP contribution in [0.4, 0.5) is 0 Å². The number of carboxylic acids is 1. The normalized spacial score (nSPS) is 13.4. The summed E-state index contributed by atoms with van der Waals surface area (Å²) in [5, 5.41) is 15.3. The molecule has 0 unspecified atom stereocenters. The summed E-state index contributed by atoms with van der Waals surface area (Å²) in [6, 6.07) is 14.3. The molecule has 0 saturated heterocycles. The van der Waals surface area contributed by atoms with Crippen LogP contribution in [0.1, 0.15) is 25.8 Å². The number of benzene rings is 2. The molecule has 2 rings (SSSR count). The van der Waals surface area contributed by atoms with Gasteiger partial charge in [-0.1, -0.05) is 62.4 Å². The number of sulfone groups is 1. The van der Waals surface area contributed by atoms with Gasteiger partial charge < -0.3 is 15.7 Å². The van der Waals surface area contributed by atoms with E-state index >= 15 is 0 Å². The second-order valence-electron chi connectivity index (χ2n) is 7.94. The van der Waals surface area contributed by atoms with Crippen LogP contribution >= 0.6 is 0 Å². The van der Waals surface area contributed by atoms with E-state index in [1.807, 2.05) is 13.8 Å². The van der Waals surface area contributed by atoms with Crippen LogP contribution in [-0.4, -0.2) is 43.4 Å². The summed E-state index contributed by atoms with van der Waals surface area (Å²) < 4.78 is 24.6. The molecule has 2 aromatic rings. The van der Waals surface area contributed by atoms with Crippen molar-refractivity contribution in [1.29, 1.82) is 0 Å². The predicted octanol–water partition coefficient (Wildman–Crippen LogP) is 2.32. The number of aliphatic carboxylic acids is 1. The van der Waals surface area contributed by atoms with Crippen LogP contribution in [0.3, 0.4) is 0 Å². The third-order valence-corrected chi connectivity index (χ3v) is 6.13. The maximum absolute atomic E-state index is 12.8. The zero-order valence-corrected chi connectivity index (χ0v) is 19.3. The number of amides is 2.